The second kappa shape index (κ2) is 8.98. The van der Waals surface area contributed by atoms with Crippen LogP contribution < -0.4 is 19.9 Å². The summed E-state index contributed by atoms with van der Waals surface area (Å²) in [5.41, 5.74) is 1.19. The van der Waals surface area contributed by atoms with Gasteiger partial charge in [0.2, 0.25) is 5.88 Å². The first-order chi connectivity index (χ1) is 15.7. The van der Waals surface area contributed by atoms with Crippen LogP contribution in [0.25, 0.3) is 16.8 Å². The standard InChI is InChI=1S/C20H15ClF3N5O4/c1-31-17-15(21)10-25-18(26-17)32-9-8-29-19(30)28-11-13(4-7-16(28)27-29)12-2-5-14(6-3-12)33-20(22,23)24/h2-7,10-11H,8-9H2,1H3. The molecule has 0 saturated carbocycles. The lowest BCUT2D eigenvalue weighted by molar-refractivity contribution is -0.274. The van der Waals surface area contributed by atoms with Gasteiger partial charge in [-0.3, -0.25) is 0 Å². The first kappa shape index (κ1) is 22.4. The molecule has 4 aromatic rings. The normalized spacial score (nSPS) is 11.5. The van der Waals surface area contributed by atoms with Crippen molar-refractivity contribution in [1.82, 2.24) is 24.1 Å². The Labute approximate surface area is 188 Å². The Hall–Kier alpha value is -3.80. The number of halogens is 4. The fraction of sp³-hybridized carbons (Fsp3) is 0.200. The van der Waals surface area contributed by atoms with E-state index in [1.165, 1.54) is 46.7 Å². The number of methoxy groups -OCH3 is 1. The summed E-state index contributed by atoms with van der Waals surface area (Å²) in [4.78, 5) is 20.6. The minimum atomic E-state index is -4.77. The van der Waals surface area contributed by atoms with E-state index in [0.717, 1.165) is 0 Å². The highest BCUT2D eigenvalue weighted by Gasteiger charge is 2.31. The third-order valence-electron chi connectivity index (χ3n) is 4.42. The first-order valence-electron chi connectivity index (χ1n) is 9.38. The third-order valence-corrected chi connectivity index (χ3v) is 4.67. The minimum absolute atomic E-state index is 0.0355. The highest BCUT2D eigenvalue weighted by molar-refractivity contribution is 6.31. The van der Waals surface area contributed by atoms with Crippen molar-refractivity contribution >= 4 is 17.2 Å². The van der Waals surface area contributed by atoms with E-state index >= 15 is 0 Å². The van der Waals surface area contributed by atoms with Crippen molar-refractivity contribution in [3.8, 4) is 28.8 Å². The second-order valence-corrected chi connectivity index (χ2v) is 6.99. The molecule has 172 valence electrons. The summed E-state index contributed by atoms with van der Waals surface area (Å²) in [7, 11) is 1.41. The van der Waals surface area contributed by atoms with Gasteiger partial charge in [-0.2, -0.15) is 4.98 Å². The Morgan fingerprint density at radius 2 is 1.82 bits per heavy atom. The van der Waals surface area contributed by atoms with Crippen molar-refractivity contribution < 1.29 is 27.4 Å². The van der Waals surface area contributed by atoms with Crippen molar-refractivity contribution in [2.45, 2.75) is 12.9 Å². The number of fused-ring (bicyclic) bond motifs is 1. The van der Waals surface area contributed by atoms with Gasteiger partial charge in [-0.25, -0.2) is 18.9 Å². The van der Waals surface area contributed by atoms with E-state index < -0.39 is 12.1 Å². The number of nitrogens with zero attached hydrogens (tertiary/aromatic N) is 5. The average molecular weight is 482 g/mol. The van der Waals surface area contributed by atoms with E-state index in [-0.39, 0.29) is 35.8 Å². The number of ether oxygens (including phenoxy) is 3. The molecule has 0 spiro atoms. The summed E-state index contributed by atoms with van der Waals surface area (Å²) >= 11 is 5.87. The lowest BCUT2D eigenvalue weighted by Crippen LogP contribution is -2.24. The van der Waals surface area contributed by atoms with Crippen LogP contribution in [0.4, 0.5) is 13.2 Å². The number of aromatic nitrogens is 5. The number of pyridine rings is 1. The van der Waals surface area contributed by atoms with Crippen LogP contribution >= 0.6 is 11.6 Å². The van der Waals surface area contributed by atoms with Crippen molar-refractivity contribution in [1.29, 1.82) is 0 Å². The molecule has 0 fully saturated rings. The molecule has 9 nitrogen and oxygen atoms in total. The van der Waals surface area contributed by atoms with Crippen molar-refractivity contribution in [3.05, 3.63) is 64.3 Å². The van der Waals surface area contributed by atoms with Gasteiger partial charge in [0.25, 0.3) is 0 Å². The summed E-state index contributed by atoms with van der Waals surface area (Å²) in [5.74, 6) is -0.170. The van der Waals surface area contributed by atoms with Crippen LogP contribution in [0.15, 0.2) is 53.6 Å². The molecule has 0 atom stereocenters. The molecule has 0 aliphatic rings. The molecule has 3 aromatic heterocycles. The number of hydrogen-bond acceptors (Lipinski definition) is 7. The van der Waals surface area contributed by atoms with Crippen LogP contribution in [0, 0.1) is 0 Å². The van der Waals surface area contributed by atoms with Gasteiger partial charge in [-0.15, -0.1) is 18.3 Å². The van der Waals surface area contributed by atoms with Crippen molar-refractivity contribution in [2.75, 3.05) is 13.7 Å². The fourth-order valence-corrected chi connectivity index (χ4v) is 3.12. The molecule has 0 N–H and O–H groups in total. The SMILES string of the molecule is COc1nc(OCCn2nc3ccc(-c4ccc(OC(F)(F)F)cc4)cn3c2=O)ncc1Cl. The number of hydrogen-bond donors (Lipinski definition) is 0. The lowest BCUT2D eigenvalue weighted by atomic mass is 10.1. The van der Waals surface area contributed by atoms with E-state index in [1.54, 1.807) is 18.3 Å². The second-order valence-electron chi connectivity index (χ2n) is 6.58. The lowest BCUT2D eigenvalue weighted by Gasteiger charge is -2.09. The fourth-order valence-electron chi connectivity index (χ4n) is 2.96. The molecule has 0 saturated heterocycles. The summed E-state index contributed by atoms with van der Waals surface area (Å²) in [6.07, 6.45) is -1.88. The van der Waals surface area contributed by atoms with Gasteiger partial charge in [-0.05, 0) is 35.4 Å². The van der Waals surface area contributed by atoms with Gasteiger partial charge in [0, 0.05) is 6.20 Å². The highest BCUT2D eigenvalue weighted by atomic mass is 35.5. The molecule has 0 aliphatic carbocycles. The summed E-state index contributed by atoms with van der Waals surface area (Å²) in [5, 5.41) is 4.47. The zero-order chi connectivity index (χ0) is 23.6. The van der Waals surface area contributed by atoms with Gasteiger partial charge in [0.1, 0.15) is 17.4 Å². The molecular formula is C20H15ClF3N5O4. The van der Waals surface area contributed by atoms with Crippen LogP contribution in [0.3, 0.4) is 0 Å². The molecule has 0 amide bonds. The largest absolute Gasteiger partial charge is 0.573 e. The monoisotopic (exact) mass is 481 g/mol. The number of rotatable bonds is 7. The van der Waals surface area contributed by atoms with Crippen LogP contribution in [-0.2, 0) is 6.54 Å². The zero-order valence-electron chi connectivity index (χ0n) is 16.9. The molecule has 0 aliphatic heterocycles. The highest BCUT2D eigenvalue weighted by Crippen LogP contribution is 2.26. The maximum absolute atomic E-state index is 12.7. The van der Waals surface area contributed by atoms with E-state index in [4.69, 9.17) is 21.1 Å². The Morgan fingerprint density at radius 3 is 2.52 bits per heavy atom. The molecule has 33 heavy (non-hydrogen) atoms. The predicted octanol–water partition coefficient (Wildman–Crippen LogP) is 3.59. The molecule has 3 heterocycles. The summed E-state index contributed by atoms with van der Waals surface area (Å²) in [6.45, 7) is 0.176. The molecule has 1 aromatic carbocycles. The molecule has 4 rings (SSSR count). The van der Waals surface area contributed by atoms with Gasteiger partial charge in [0.15, 0.2) is 5.65 Å². The molecule has 0 unspecified atom stereocenters. The first-order valence-corrected chi connectivity index (χ1v) is 9.76. The van der Waals surface area contributed by atoms with Gasteiger partial charge >= 0.3 is 18.1 Å². The molecular weight excluding hydrogens is 467 g/mol. The smallest absolute Gasteiger partial charge is 0.480 e. The van der Waals surface area contributed by atoms with Gasteiger partial charge < -0.3 is 14.2 Å². The number of alkyl halides is 3. The summed E-state index contributed by atoms with van der Waals surface area (Å²) in [6, 6.07) is 8.69. The van der Waals surface area contributed by atoms with Crippen LogP contribution in [0.5, 0.6) is 17.6 Å². The van der Waals surface area contributed by atoms with E-state index in [2.05, 4.69) is 19.8 Å². The zero-order valence-corrected chi connectivity index (χ0v) is 17.7. The van der Waals surface area contributed by atoms with Crippen LogP contribution in [0.1, 0.15) is 0 Å². The van der Waals surface area contributed by atoms with Gasteiger partial charge in [0.05, 0.1) is 19.9 Å². The van der Waals surface area contributed by atoms with E-state index in [0.29, 0.717) is 16.8 Å². The molecule has 0 radical (unpaired) electrons. The summed E-state index contributed by atoms with van der Waals surface area (Å²) < 4.78 is 53.8. The Morgan fingerprint density at radius 1 is 1.09 bits per heavy atom. The van der Waals surface area contributed by atoms with Crippen molar-refractivity contribution in [3.63, 3.8) is 0 Å². The van der Waals surface area contributed by atoms with E-state index in [9.17, 15) is 18.0 Å². The molecule has 0 bridgehead atoms. The Bertz CT molecular complexity index is 1340. The minimum Gasteiger partial charge on any atom is -0.480 e. The Kier molecular flexibility index (Phi) is 6.09. The van der Waals surface area contributed by atoms with Gasteiger partial charge in [-0.1, -0.05) is 23.7 Å². The third kappa shape index (κ3) is 5.17. The predicted molar refractivity (Wildman–Crippen MR) is 111 cm³/mol. The van der Waals surface area contributed by atoms with Crippen molar-refractivity contribution in [2.24, 2.45) is 0 Å². The maximum Gasteiger partial charge on any atom is 0.573 e. The quantitative estimate of drug-likeness (QED) is 0.398. The topological polar surface area (TPSA) is 92.8 Å². The average Bonchev–Trinajstić information content (AvgIpc) is 3.09. The molecule has 13 heteroatoms. The van der Waals surface area contributed by atoms with Crippen LogP contribution in [-0.4, -0.2) is 44.2 Å². The number of benzene rings is 1. The Balaban J connectivity index is 1.48. The van der Waals surface area contributed by atoms with E-state index in [1.807, 2.05) is 0 Å². The van der Waals surface area contributed by atoms with Crippen LogP contribution in [0.2, 0.25) is 5.02 Å². The maximum atomic E-state index is 12.7.